The van der Waals surface area contributed by atoms with E-state index in [1.807, 2.05) is 0 Å². The van der Waals surface area contributed by atoms with Crippen LogP contribution in [0.3, 0.4) is 0 Å². The van der Waals surface area contributed by atoms with Crippen molar-refractivity contribution in [2.24, 2.45) is 5.73 Å². The van der Waals surface area contributed by atoms with Crippen molar-refractivity contribution >= 4 is 21.4 Å². The summed E-state index contributed by atoms with van der Waals surface area (Å²) >= 11 is 0. The summed E-state index contributed by atoms with van der Waals surface area (Å²) in [6.07, 6.45) is -0.777. The monoisotopic (exact) mass is 318 g/mol. The van der Waals surface area contributed by atoms with E-state index in [1.165, 1.54) is 26.1 Å². The Balaban J connectivity index is 3.09. The number of sulfonamides is 1. The fourth-order valence-corrected chi connectivity index (χ4v) is 2.25. The number of nitro benzene ring substituents is 1. The molecule has 1 aromatic carbocycles. The van der Waals surface area contributed by atoms with Crippen LogP contribution in [0.4, 0.5) is 11.4 Å². The van der Waals surface area contributed by atoms with Crippen LogP contribution in [0.15, 0.2) is 23.1 Å². The van der Waals surface area contributed by atoms with E-state index in [2.05, 4.69) is 10.0 Å². The van der Waals surface area contributed by atoms with E-state index in [4.69, 9.17) is 5.73 Å². The molecule has 0 aliphatic rings. The van der Waals surface area contributed by atoms with Crippen molar-refractivity contribution in [2.45, 2.75) is 24.0 Å². The zero-order valence-corrected chi connectivity index (χ0v) is 12.4. The lowest BCUT2D eigenvalue weighted by molar-refractivity contribution is -0.384. The maximum Gasteiger partial charge on any atom is 0.293 e. The van der Waals surface area contributed by atoms with Gasteiger partial charge in [0.05, 0.1) is 15.9 Å². The standard InChI is InChI=1S/C11H18N4O5S/c1-7(16)9(12)6-14-10-4-3-8(21(19,20)13-2)5-11(10)15(17)18/h3-5,7,9,13-14,16H,6,12H2,1-2H3. The van der Waals surface area contributed by atoms with Gasteiger partial charge < -0.3 is 16.2 Å². The third-order valence-electron chi connectivity index (χ3n) is 2.89. The Kier molecular flexibility index (Phi) is 5.61. The van der Waals surface area contributed by atoms with Crippen molar-refractivity contribution in [2.75, 3.05) is 18.9 Å². The van der Waals surface area contributed by atoms with Crippen LogP contribution in [0.1, 0.15) is 6.92 Å². The number of nitrogens with one attached hydrogen (secondary N) is 2. The fourth-order valence-electron chi connectivity index (χ4n) is 1.50. The molecular formula is C11H18N4O5S. The van der Waals surface area contributed by atoms with Gasteiger partial charge in [0.1, 0.15) is 5.69 Å². The zero-order chi connectivity index (χ0) is 16.2. The summed E-state index contributed by atoms with van der Waals surface area (Å²) in [6.45, 7) is 1.61. The van der Waals surface area contributed by atoms with Crippen LogP contribution < -0.4 is 15.8 Å². The summed E-state index contributed by atoms with van der Waals surface area (Å²) in [5.41, 5.74) is 5.37. The molecule has 0 saturated carbocycles. The molecule has 118 valence electrons. The molecule has 0 bridgehead atoms. The number of nitrogens with two attached hydrogens (primary N) is 1. The molecule has 1 rings (SSSR count). The van der Waals surface area contributed by atoms with E-state index >= 15 is 0 Å². The first kappa shape index (κ1) is 17.3. The Labute approximate surface area is 122 Å². The van der Waals surface area contributed by atoms with E-state index < -0.39 is 27.1 Å². The lowest BCUT2D eigenvalue weighted by Gasteiger charge is -2.16. The van der Waals surface area contributed by atoms with Crippen LogP contribution in [0.5, 0.6) is 0 Å². The summed E-state index contributed by atoms with van der Waals surface area (Å²) in [5, 5.41) is 23.0. The molecule has 21 heavy (non-hydrogen) atoms. The lowest BCUT2D eigenvalue weighted by Crippen LogP contribution is -2.38. The van der Waals surface area contributed by atoms with Crippen LogP contribution in [0, 0.1) is 10.1 Å². The molecule has 0 radical (unpaired) electrons. The number of benzene rings is 1. The topological polar surface area (TPSA) is 148 Å². The third kappa shape index (κ3) is 4.36. The molecule has 2 unspecified atom stereocenters. The van der Waals surface area contributed by atoms with Gasteiger partial charge in [-0.25, -0.2) is 13.1 Å². The van der Waals surface area contributed by atoms with Gasteiger partial charge in [0, 0.05) is 18.7 Å². The Hall–Kier alpha value is -1.75. The number of rotatable bonds is 7. The highest BCUT2D eigenvalue weighted by molar-refractivity contribution is 7.89. The Morgan fingerprint density at radius 3 is 2.57 bits per heavy atom. The van der Waals surface area contributed by atoms with Crippen molar-refractivity contribution in [3.63, 3.8) is 0 Å². The SMILES string of the molecule is CNS(=O)(=O)c1ccc(NCC(N)C(C)O)c([N+](=O)[O-])c1. The smallest absolute Gasteiger partial charge is 0.293 e. The molecule has 1 aromatic rings. The Morgan fingerprint density at radius 1 is 1.48 bits per heavy atom. The third-order valence-corrected chi connectivity index (χ3v) is 4.30. The van der Waals surface area contributed by atoms with Crippen LogP contribution in [0.25, 0.3) is 0 Å². The molecule has 0 fully saturated rings. The average Bonchev–Trinajstić information content (AvgIpc) is 2.44. The molecule has 0 aliphatic heterocycles. The second-order valence-electron chi connectivity index (χ2n) is 4.43. The number of hydrogen-bond acceptors (Lipinski definition) is 7. The predicted molar refractivity (Wildman–Crippen MR) is 77.5 cm³/mol. The van der Waals surface area contributed by atoms with E-state index in [0.29, 0.717) is 0 Å². The van der Waals surface area contributed by atoms with E-state index in [1.54, 1.807) is 0 Å². The second kappa shape index (κ2) is 6.80. The van der Waals surface area contributed by atoms with Crippen molar-refractivity contribution in [3.8, 4) is 0 Å². The molecule has 0 saturated heterocycles. The number of aliphatic hydroxyl groups excluding tert-OH is 1. The molecule has 9 nitrogen and oxygen atoms in total. The molecule has 2 atom stereocenters. The van der Waals surface area contributed by atoms with E-state index in [9.17, 15) is 23.6 Å². The van der Waals surface area contributed by atoms with Gasteiger partial charge in [-0.05, 0) is 26.1 Å². The van der Waals surface area contributed by atoms with Gasteiger partial charge in [-0.15, -0.1) is 0 Å². The van der Waals surface area contributed by atoms with Crippen molar-refractivity contribution in [1.29, 1.82) is 0 Å². The first-order chi connectivity index (χ1) is 9.69. The molecule has 5 N–H and O–H groups in total. The van der Waals surface area contributed by atoms with Gasteiger partial charge in [-0.1, -0.05) is 0 Å². The number of aliphatic hydroxyl groups is 1. The average molecular weight is 318 g/mol. The summed E-state index contributed by atoms with van der Waals surface area (Å²) < 4.78 is 25.4. The van der Waals surface area contributed by atoms with Gasteiger partial charge in [0.2, 0.25) is 10.0 Å². The highest BCUT2D eigenvalue weighted by Crippen LogP contribution is 2.27. The van der Waals surface area contributed by atoms with Gasteiger partial charge in [0.15, 0.2) is 0 Å². The number of hydrogen-bond donors (Lipinski definition) is 4. The number of anilines is 1. The van der Waals surface area contributed by atoms with Gasteiger partial charge >= 0.3 is 0 Å². The highest BCUT2D eigenvalue weighted by Gasteiger charge is 2.21. The van der Waals surface area contributed by atoms with Gasteiger partial charge in [-0.2, -0.15) is 0 Å². The first-order valence-electron chi connectivity index (χ1n) is 6.08. The Bertz CT molecular complexity index is 617. The number of nitrogens with zero attached hydrogens (tertiary/aromatic N) is 1. The largest absolute Gasteiger partial charge is 0.392 e. The fraction of sp³-hybridized carbons (Fsp3) is 0.455. The van der Waals surface area contributed by atoms with Crippen molar-refractivity contribution in [3.05, 3.63) is 28.3 Å². The van der Waals surface area contributed by atoms with Crippen LogP contribution >= 0.6 is 0 Å². The van der Waals surface area contributed by atoms with Crippen LogP contribution in [0.2, 0.25) is 0 Å². The summed E-state index contributed by atoms with van der Waals surface area (Å²) in [5.74, 6) is 0. The maximum atomic E-state index is 11.6. The number of nitro groups is 1. The molecular weight excluding hydrogens is 300 g/mol. The molecule has 0 aromatic heterocycles. The molecule has 0 heterocycles. The Morgan fingerprint density at radius 2 is 2.10 bits per heavy atom. The molecule has 0 spiro atoms. The highest BCUT2D eigenvalue weighted by atomic mass is 32.2. The molecule has 0 aliphatic carbocycles. The van der Waals surface area contributed by atoms with Crippen molar-refractivity contribution in [1.82, 2.24) is 4.72 Å². The van der Waals surface area contributed by atoms with E-state index in [-0.39, 0.29) is 22.8 Å². The van der Waals surface area contributed by atoms with Gasteiger partial charge in [0.25, 0.3) is 5.69 Å². The van der Waals surface area contributed by atoms with Crippen LogP contribution in [-0.4, -0.2) is 44.2 Å². The minimum atomic E-state index is -3.76. The summed E-state index contributed by atoms with van der Waals surface area (Å²) in [4.78, 5) is 10.1. The lowest BCUT2D eigenvalue weighted by atomic mass is 10.2. The minimum Gasteiger partial charge on any atom is -0.392 e. The molecule has 0 amide bonds. The normalized spacial score (nSPS) is 14.5. The summed E-state index contributed by atoms with van der Waals surface area (Å²) in [7, 11) is -2.55. The maximum absolute atomic E-state index is 11.6. The minimum absolute atomic E-state index is 0.108. The quantitative estimate of drug-likeness (QED) is 0.396. The second-order valence-corrected chi connectivity index (χ2v) is 6.32. The van der Waals surface area contributed by atoms with Crippen molar-refractivity contribution < 1.29 is 18.4 Å². The van der Waals surface area contributed by atoms with Crippen LogP contribution in [-0.2, 0) is 10.0 Å². The molecule has 10 heteroatoms. The first-order valence-corrected chi connectivity index (χ1v) is 7.57. The predicted octanol–water partition coefficient (Wildman–Crippen LogP) is -0.377. The van der Waals surface area contributed by atoms with Gasteiger partial charge in [-0.3, -0.25) is 10.1 Å². The van der Waals surface area contributed by atoms with E-state index in [0.717, 1.165) is 6.07 Å². The zero-order valence-electron chi connectivity index (χ0n) is 11.6. The summed E-state index contributed by atoms with van der Waals surface area (Å²) in [6, 6.07) is 2.89.